The summed E-state index contributed by atoms with van der Waals surface area (Å²) in [6.07, 6.45) is 3.03. The average molecular weight is 650 g/mol. The smallest absolute Gasteiger partial charge is 0.296 e. The van der Waals surface area contributed by atoms with Crippen LogP contribution in [0.1, 0.15) is 36.6 Å². The quantitative estimate of drug-likeness (QED) is 0.0825. The fourth-order valence-corrected chi connectivity index (χ4v) is 7.22. The van der Waals surface area contributed by atoms with E-state index in [9.17, 15) is 14.7 Å². The molecule has 8 nitrogen and oxygen atoms in total. The van der Waals surface area contributed by atoms with E-state index in [4.69, 9.17) is 9.47 Å². The number of allylic oxidation sites excluding steroid dienone is 1. The number of ketones is 1. The third-order valence-corrected chi connectivity index (χ3v) is 9.52. The van der Waals surface area contributed by atoms with E-state index in [1.807, 2.05) is 62.4 Å². The predicted molar refractivity (Wildman–Crippen MR) is 183 cm³/mol. The zero-order valence-electron chi connectivity index (χ0n) is 25.3. The van der Waals surface area contributed by atoms with Gasteiger partial charge in [-0.05, 0) is 59.5 Å². The fourth-order valence-electron chi connectivity index (χ4n) is 5.35. The van der Waals surface area contributed by atoms with Crippen molar-refractivity contribution in [2.75, 3.05) is 18.1 Å². The second-order valence-electron chi connectivity index (χ2n) is 10.3. The van der Waals surface area contributed by atoms with Crippen LogP contribution in [0.3, 0.4) is 0 Å². The number of hydrogen-bond donors (Lipinski definition) is 1. The number of carbonyl (C=O) groups excluding carboxylic acids is 2. The maximum Gasteiger partial charge on any atom is 0.296 e. The monoisotopic (exact) mass is 649 g/mol. The molecule has 1 aromatic heterocycles. The summed E-state index contributed by atoms with van der Waals surface area (Å²) in [5.74, 6) is -0.187. The number of carbonyl (C=O) groups is 2. The number of ether oxygens (including phenoxy) is 2. The third kappa shape index (κ3) is 6.40. The Morgan fingerprint density at radius 2 is 1.67 bits per heavy atom. The van der Waals surface area contributed by atoms with Crippen molar-refractivity contribution < 1.29 is 24.2 Å². The number of fused-ring (bicyclic) bond motifs is 1. The van der Waals surface area contributed by atoms with E-state index in [0.717, 1.165) is 16.5 Å². The molecule has 0 saturated heterocycles. The molecule has 0 spiro atoms. The van der Waals surface area contributed by atoms with Gasteiger partial charge in [0.2, 0.25) is 5.13 Å². The first-order valence-corrected chi connectivity index (χ1v) is 16.6. The molecule has 1 aliphatic heterocycles. The van der Waals surface area contributed by atoms with Gasteiger partial charge in [-0.15, -0.1) is 10.2 Å². The third-order valence-electron chi connectivity index (χ3n) is 7.42. The zero-order chi connectivity index (χ0) is 32.0. The minimum atomic E-state index is -0.973. The van der Waals surface area contributed by atoms with Crippen LogP contribution in [0.5, 0.6) is 11.5 Å². The van der Waals surface area contributed by atoms with Crippen LogP contribution < -0.4 is 14.4 Å². The van der Waals surface area contributed by atoms with Crippen molar-refractivity contribution >= 4 is 56.8 Å². The molecule has 0 bridgehead atoms. The van der Waals surface area contributed by atoms with Crippen LogP contribution in [0.25, 0.3) is 16.8 Å². The summed E-state index contributed by atoms with van der Waals surface area (Å²) in [4.78, 5) is 28.8. The maximum atomic E-state index is 13.7. The van der Waals surface area contributed by atoms with Crippen molar-refractivity contribution in [3.05, 3.63) is 125 Å². The summed E-state index contributed by atoms with van der Waals surface area (Å²) >= 11 is 2.74. The van der Waals surface area contributed by atoms with Crippen LogP contribution in [-0.4, -0.2) is 40.2 Å². The summed E-state index contributed by atoms with van der Waals surface area (Å²) in [6, 6.07) is 28.0. The number of hydrogen-bond acceptors (Lipinski definition) is 9. The van der Waals surface area contributed by atoms with Crippen LogP contribution >= 0.6 is 23.1 Å². The van der Waals surface area contributed by atoms with Gasteiger partial charge in [0, 0.05) is 5.75 Å². The molecule has 4 aromatic carbocycles. The summed E-state index contributed by atoms with van der Waals surface area (Å²) in [6.45, 7) is 4.56. The summed E-state index contributed by atoms with van der Waals surface area (Å²) in [5.41, 5.74) is 2.47. The lowest BCUT2D eigenvalue weighted by atomic mass is 9.95. The Bertz CT molecular complexity index is 1950. The average Bonchev–Trinajstić information content (AvgIpc) is 3.65. The van der Waals surface area contributed by atoms with Gasteiger partial charge in [0.25, 0.3) is 5.91 Å². The van der Waals surface area contributed by atoms with Crippen molar-refractivity contribution in [2.45, 2.75) is 30.0 Å². The minimum absolute atomic E-state index is 0.0519. The highest BCUT2D eigenvalue weighted by atomic mass is 32.2. The largest absolute Gasteiger partial charge is 0.503 e. The Labute approximate surface area is 275 Å². The molecule has 1 aliphatic rings. The van der Waals surface area contributed by atoms with Crippen LogP contribution in [-0.2, 0) is 15.3 Å². The first-order valence-electron chi connectivity index (χ1n) is 14.8. The number of aliphatic hydroxyl groups excluding tert-OH is 1. The van der Waals surface area contributed by atoms with Crippen LogP contribution in [0, 0.1) is 0 Å². The van der Waals surface area contributed by atoms with Gasteiger partial charge in [-0.1, -0.05) is 108 Å². The predicted octanol–water partition coefficient (Wildman–Crippen LogP) is 7.96. The van der Waals surface area contributed by atoms with Gasteiger partial charge in [-0.25, -0.2) is 0 Å². The molecule has 1 N–H and O–H groups in total. The Morgan fingerprint density at radius 1 is 0.935 bits per heavy atom. The second kappa shape index (κ2) is 14.0. The highest BCUT2D eigenvalue weighted by Crippen LogP contribution is 2.45. The molecule has 10 heteroatoms. The van der Waals surface area contributed by atoms with E-state index in [1.54, 1.807) is 24.3 Å². The lowest BCUT2D eigenvalue weighted by Crippen LogP contribution is -2.31. The van der Waals surface area contributed by atoms with E-state index in [1.165, 1.54) is 39.5 Å². The van der Waals surface area contributed by atoms with Crippen molar-refractivity contribution in [1.29, 1.82) is 0 Å². The first kappa shape index (κ1) is 31.1. The number of amides is 1. The van der Waals surface area contributed by atoms with Gasteiger partial charge >= 0.3 is 0 Å². The van der Waals surface area contributed by atoms with Crippen LogP contribution in [0.4, 0.5) is 5.13 Å². The molecule has 0 fully saturated rings. The number of rotatable bonds is 12. The van der Waals surface area contributed by atoms with Gasteiger partial charge in [-0.3, -0.25) is 14.5 Å². The van der Waals surface area contributed by atoms with Gasteiger partial charge in [0.1, 0.15) is 0 Å². The molecule has 232 valence electrons. The molecule has 0 saturated carbocycles. The second-order valence-corrected chi connectivity index (χ2v) is 12.5. The van der Waals surface area contributed by atoms with Crippen LogP contribution in [0.15, 0.2) is 113 Å². The number of anilines is 1. The molecule has 0 radical (unpaired) electrons. The molecule has 1 atom stereocenters. The van der Waals surface area contributed by atoms with Gasteiger partial charge < -0.3 is 14.6 Å². The lowest BCUT2D eigenvalue weighted by molar-refractivity contribution is -0.117. The molecule has 0 aliphatic carbocycles. The van der Waals surface area contributed by atoms with E-state index >= 15 is 0 Å². The topological polar surface area (TPSA) is 102 Å². The number of thioether (sulfide) groups is 1. The Hall–Kier alpha value is -4.93. The van der Waals surface area contributed by atoms with Crippen molar-refractivity contribution in [3.63, 3.8) is 0 Å². The molecule has 5 aromatic rings. The van der Waals surface area contributed by atoms with Crippen molar-refractivity contribution in [1.82, 2.24) is 10.2 Å². The fraction of sp³-hybridized carbons (Fsp3) is 0.167. The minimum Gasteiger partial charge on any atom is -0.503 e. The highest BCUT2D eigenvalue weighted by Gasteiger charge is 2.45. The van der Waals surface area contributed by atoms with E-state index < -0.39 is 23.5 Å². The molecule has 46 heavy (non-hydrogen) atoms. The number of aromatic nitrogens is 2. The zero-order valence-corrected chi connectivity index (χ0v) is 26.9. The Balaban J connectivity index is 1.35. The maximum absolute atomic E-state index is 13.7. The van der Waals surface area contributed by atoms with E-state index in [-0.39, 0.29) is 10.7 Å². The Kier molecular flexibility index (Phi) is 9.46. The summed E-state index contributed by atoms with van der Waals surface area (Å²) in [7, 11) is 0. The molecular formula is C36H31N3O5S2. The molecule has 1 amide bonds. The Morgan fingerprint density at radius 3 is 2.48 bits per heavy atom. The molecule has 2 heterocycles. The number of aliphatic hydroxyl groups is 1. The van der Waals surface area contributed by atoms with E-state index in [0.29, 0.717) is 40.4 Å². The summed E-state index contributed by atoms with van der Waals surface area (Å²) in [5, 5.41) is 22.5. The number of nitrogens with zero attached hydrogens (tertiary/aromatic N) is 3. The SMILES string of the molecule is CCOc1ccc(C2C(C(=O)/C=C/c3ccccc3)=C(O)C(=O)N2c2nnc(SCc3cccc4ccccc34)s2)cc1OCC. The van der Waals surface area contributed by atoms with Crippen molar-refractivity contribution in [2.24, 2.45) is 0 Å². The molecular weight excluding hydrogens is 619 g/mol. The standard InChI is InChI=1S/C36H31N3O5S2/c1-3-43-29-20-18-25(21-30(29)44-4-2)32-31(28(40)19-17-23-11-6-5-7-12-23)33(41)34(42)39(32)35-37-38-36(46-35)45-22-26-15-10-14-24-13-8-9-16-27(24)26/h5-21,32,41H,3-4,22H2,1-2H3/b19-17+. The van der Waals surface area contributed by atoms with Gasteiger partial charge in [0.15, 0.2) is 27.4 Å². The lowest BCUT2D eigenvalue weighted by Gasteiger charge is -2.24. The van der Waals surface area contributed by atoms with Gasteiger partial charge in [-0.2, -0.15) is 0 Å². The number of benzene rings is 4. The van der Waals surface area contributed by atoms with Crippen LogP contribution in [0.2, 0.25) is 0 Å². The van der Waals surface area contributed by atoms with E-state index in [2.05, 4.69) is 34.5 Å². The molecule has 6 rings (SSSR count). The first-order chi connectivity index (χ1) is 22.5. The molecule has 1 unspecified atom stereocenters. The normalized spacial score (nSPS) is 14.9. The van der Waals surface area contributed by atoms with Gasteiger partial charge in [0.05, 0.1) is 24.8 Å². The van der Waals surface area contributed by atoms with Crippen molar-refractivity contribution in [3.8, 4) is 11.5 Å². The summed E-state index contributed by atoms with van der Waals surface area (Å²) < 4.78 is 12.3. The highest BCUT2D eigenvalue weighted by molar-refractivity contribution is 8.00.